The Morgan fingerprint density at radius 2 is 1.00 bits per heavy atom. The van der Waals surface area contributed by atoms with Gasteiger partial charge in [0.15, 0.2) is 7.14 Å². The molecular formula is C24H27OP. The molecule has 26 heavy (non-hydrogen) atoms. The van der Waals surface area contributed by atoms with Crippen LogP contribution in [0, 0.1) is 13.8 Å². The van der Waals surface area contributed by atoms with Crippen LogP contribution in [0.4, 0.5) is 0 Å². The van der Waals surface area contributed by atoms with Crippen LogP contribution in [0.2, 0.25) is 0 Å². The number of hydrogen-bond donors (Lipinski definition) is 0. The molecule has 3 aromatic rings. The summed E-state index contributed by atoms with van der Waals surface area (Å²) in [4.78, 5) is 0. The van der Waals surface area contributed by atoms with Gasteiger partial charge < -0.3 is 4.57 Å². The van der Waals surface area contributed by atoms with Gasteiger partial charge in [0.25, 0.3) is 0 Å². The zero-order valence-corrected chi connectivity index (χ0v) is 17.2. The van der Waals surface area contributed by atoms with E-state index in [9.17, 15) is 4.57 Å². The smallest absolute Gasteiger partial charge is 0.171 e. The fraction of sp³-hybridized carbons (Fsp3) is 0.250. The summed E-state index contributed by atoms with van der Waals surface area (Å²) in [6.45, 7) is 10.7. The number of benzene rings is 3. The first-order chi connectivity index (χ1) is 12.3. The molecule has 0 spiro atoms. The van der Waals surface area contributed by atoms with Gasteiger partial charge in [-0.25, -0.2) is 0 Å². The Balaban J connectivity index is 2.45. The molecule has 134 valence electrons. The van der Waals surface area contributed by atoms with E-state index in [1.54, 1.807) is 0 Å². The van der Waals surface area contributed by atoms with Crippen LogP contribution < -0.4 is 15.9 Å². The van der Waals surface area contributed by atoms with Crippen LogP contribution in [-0.2, 0) is 9.98 Å². The van der Waals surface area contributed by atoms with E-state index in [1.165, 1.54) is 0 Å². The molecule has 0 aliphatic heterocycles. The first kappa shape index (κ1) is 18.7. The molecule has 0 atom stereocenters. The lowest BCUT2D eigenvalue weighted by Gasteiger charge is -2.30. The highest BCUT2D eigenvalue weighted by molar-refractivity contribution is 7.85. The summed E-state index contributed by atoms with van der Waals surface area (Å²) in [6.07, 6.45) is 0. The molecule has 0 bridgehead atoms. The predicted octanol–water partition coefficient (Wildman–Crippen LogP) is 5.24. The van der Waals surface area contributed by atoms with Crippen LogP contribution in [0.1, 0.15) is 37.5 Å². The zero-order valence-electron chi connectivity index (χ0n) is 16.3. The van der Waals surface area contributed by atoms with Crippen molar-refractivity contribution in [3.8, 4) is 0 Å². The van der Waals surface area contributed by atoms with Crippen molar-refractivity contribution in [3.63, 3.8) is 0 Å². The molecular weight excluding hydrogens is 335 g/mol. The van der Waals surface area contributed by atoms with E-state index in [4.69, 9.17) is 0 Å². The van der Waals surface area contributed by atoms with Crippen molar-refractivity contribution < 1.29 is 4.57 Å². The third-order valence-corrected chi connectivity index (χ3v) is 8.39. The molecule has 0 amide bonds. The van der Waals surface area contributed by atoms with E-state index in [2.05, 4.69) is 58.9 Å². The highest BCUT2D eigenvalue weighted by Gasteiger charge is 2.36. The average molecular weight is 362 g/mol. The highest BCUT2D eigenvalue weighted by Crippen LogP contribution is 2.46. The van der Waals surface area contributed by atoms with Crippen molar-refractivity contribution in [1.29, 1.82) is 0 Å². The van der Waals surface area contributed by atoms with Crippen molar-refractivity contribution in [2.75, 3.05) is 0 Å². The predicted molar refractivity (Wildman–Crippen MR) is 114 cm³/mol. The van der Waals surface area contributed by atoms with Crippen molar-refractivity contribution in [2.24, 2.45) is 0 Å². The molecule has 0 fully saturated rings. The summed E-state index contributed by atoms with van der Waals surface area (Å²) in [7, 11) is -2.99. The summed E-state index contributed by atoms with van der Waals surface area (Å²) in [6, 6.07) is 24.4. The minimum Gasteiger partial charge on any atom is -0.309 e. The second-order valence-electron chi connectivity index (χ2n) is 7.95. The molecule has 3 aromatic carbocycles. The Labute approximate surface area is 157 Å². The largest absolute Gasteiger partial charge is 0.309 e. The fourth-order valence-corrected chi connectivity index (χ4v) is 7.16. The average Bonchev–Trinajstić information content (AvgIpc) is 2.61. The van der Waals surface area contributed by atoms with Gasteiger partial charge in [-0.1, -0.05) is 93.6 Å². The summed E-state index contributed by atoms with van der Waals surface area (Å²) in [5, 5.41) is 2.83. The molecule has 0 saturated carbocycles. The van der Waals surface area contributed by atoms with E-state index in [-0.39, 0.29) is 5.41 Å². The first-order valence-corrected chi connectivity index (χ1v) is 10.8. The number of hydrogen-bond acceptors (Lipinski definition) is 1. The van der Waals surface area contributed by atoms with Gasteiger partial charge in [-0.15, -0.1) is 0 Å². The summed E-state index contributed by atoms with van der Waals surface area (Å²) < 4.78 is 14.9. The van der Waals surface area contributed by atoms with E-state index >= 15 is 0 Å². The molecule has 0 aliphatic carbocycles. The van der Waals surface area contributed by atoms with Gasteiger partial charge in [0.05, 0.1) is 0 Å². The Bertz CT molecular complexity index is 930. The standard InChI is InChI=1S/C24H27OP/c1-18-12-6-9-15-21(18)26(25,22-16-10-7-13-19(22)2)23-17-11-8-14-20(23)24(3,4)5/h6-17H,1-5H3. The minimum absolute atomic E-state index is 0.0857. The van der Waals surface area contributed by atoms with Crippen LogP contribution in [0.5, 0.6) is 0 Å². The van der Waals surface area contributed by atoms with Crippen molar-refractivity contribution >= 4 is 23.1 Å². The Morgan fingerprint density at radius 3 is 1.42 bits per heavy atom. The maximum absolute atomic E-state index is 14.9. The topological polar surface area (TPSA) is 17.1 Å². The fourth-order valence-electron chi connectivity index (χ4n) is 3.61. The normalized spacial score (nSPS) is 12.2. The summed E-state index contributed by atoms with van der Waals surface area (Å²) in [5.74, 6) is 0. The molecule has 2 heteroatoms. The quantitative estimate of drug-likeness (QED) is 0.582. The SMILES string of the molecule is Cc1ccccc1P(=O)(c1ccccc1C)c1ccccc1C(C)(C)C. The Hall–Kier alpha value is -2.11. The van der Waals surface area contributed by atoms with Gasteiger partial charge in [-0.3, -0.25) is 0 Å². The number of rotatable bonds is 3. The molecule has 0 N–H and O–H groups in total. The molecule has 0 aromatic heterocycles. The maximum atomic E-state index is 14.9. The van der Waals surface area contributed by atoms with Gasteiger partial charge in [0, 0.05) is 15.9 Å². The van der Waals surface area contributed by atoms with E-state index in [0.717, 1.165) is 32.6 Å². The molecule has 1 nitrogen and oxygen atoms in total. The van der Waals surface area contributed by atoms with Crippen molar-refractivity contribution in [3.05, 3.63) is 89.5 Å². The van der Waals surface area contributed by atoms with Crippen molar-refractivity contribution in [1.82, 2.24) is 0 Å². The van der Waals surface area contributed by atoms with E-state index in [0.29, 0.717) is 0 Å². The Morgan fingerprint density at radius 1 is 0.615 bits per heavy atom. The monoisotopic (exact) mass is 362 g/mol. The molecule has 3 rings (SSSR count). The summed E-state index contributed by atoms with van der Waals surface area (Å²) in [5.41, 5.74) is 3.21. The third-order valence-electron chi connectivity index (χ3n) is 4.96. The highest BCUT2D eigenvalue weighted by atomic mass is 31.2. The van der Waals surface area contributed by atoms with Crippen LogP contribution in [-0.4, -0.2) is 0 Å². The lowest BCUT2D eigenvalue weighted by Crippen LogP contribution is -2.33. The molecule has 0 heterocycles. The molecule has 0 unspecified atom stereocenters. The van der Waals surface area contributed by atoms with Crippen LogP contribution >= 0.6 is 7.14 Å². The van der Waals surface area contributed by atoms with Gasteiger partial charge in [0.1, 0.15) is 0 Å². The third kappa shape index (κ3) is 3.17. The molecule has 0 radical (unpaired) electrons. The van der Waals surface area contributed by atoms with Crippen LogP contribution in [0.15, 0.2) is 72.8 Å². The van der Waals surface area contributed by atoms with E-state index < -0.39 is 7.14 Å². The van der Waals surface area contributed by atoms with Crippen molar-refractivity contribution in [2.45, 2.75) is 40.0 Å². The minimum atomic E-state index is -2.99. The second-order valence-corrected chi connectivity index (χ2v) is 10.6. The number of aryl methyl sites for hydroxylation is 2. The molecule has 0 aliphatic rings. The zero-order chi connectivity index (χ0) is 18.9. The molecule has 0 saturated heterocycles. The van der Waals surface area contributed by atoms with Gasteiger partial charge in [-0.05, 0) is 36.0 Å². The lowest BCUT2D eigenvalue weighted by atomic mass is 9.87. The maximum Gasteiger partial charge on any atom is 0.171 e. The lowest BCUT2D eigenvalue weighted by molar-refractivity contribution is 0.583. The van der Waals surface area contributed by atoms with E-state index in [1.807, 2.05) is 48.5 Å². The van der Waals surface area contributed by atoms with Crippen LogP contribution in [0.25, 0.3) is 0 Å². The second kappa shape index (κ2) is 6.89. The van der Waals surface area contributed by atoms with Gasteiger partial charge >= 0.3 is 0 Å². The first-order valence-electron chi connectivity index (χ1n) is 9.09. The summed E-state index contributed by atoms with van der Waals surface area (Å²) >= 11 is 0. The Kier molecular flexibility index (Phi) is 4.95. The van der Waals surface area contributed by atoms with Crippen LogP contribution in [0.3, 0.4) is 0 Å². The van der Waals surface area contributed by atoms with Gasteiger partial charge in [-0.2, -0.15) is 0 Å². The van der Waals surface area contributed by atoms with Gasteiger partial charge in [0.2, 0.25) is 0 Å².